The molecule has 2 amide bonds. The number of carbonyl (C=O) groups is 2. The number of nitrogens with two attached hydrogens (primary N) is 1. The summed E-state index contributed by atoms with van der Waals surface area (Å²) in [4.78, 5) is 23.4. The second-order valence-corrected chi connectivity index (χ2v) is 6.71. The summed E-state index contributed by atoms with van der Waals surface area (Å²) in [6, 6.07) is 5.92. The number of fused-ring (bicyclic) bond motifs is 2. The SMILES string of the molecule is CC(=O)O.COc1ccc(NC(=O)N2C[C@H]3CC[C@@H](C2)C3N)c(C)c1. The molecule has 138 valence electrons. The third kappa shape index (κ3) is 4.85. The van der Waals surface area contributed by atoms with Gasteiger partial charge in [-0.05, 0) is 55.4 Å². The second kappa shape index (κ2) is 8.20. The van der Waals surface area contributed by atoms with Gasteiger partial charge in [-0.3, -0.25) is 4.79 Å². The van der Waals surface area contributed by atoms with Gasteiger partial charge in [0.05, 0.1) is 7.11 Å². The highest BCUT2D eigenvalue weighted by molar-refractivity contribution is 5.90. The van der Waals surface area contributed by atoms with Crippen molar-refractivity contribution in [2.45, 2.75) is 32.7 Å². The number of ether oxygens (including phenoxy) is 1. The molecule has 7 heteroatoms. The Morgan fingerprint density at radius 2 is 1.84 bits per heavy atom. The number of amides is 2. The molecule has 1 saturated carbocycles. The van der Waals surface area contributed by atoms with E-state index in [9.17, 15) is 4.79 Å². The summed E-state index contributed by atoms with van der Waals surface area (Å²) < 4.78 is 5.18. The lowest BCUT2D eigenvalue weighted by Gasteiger charge is -2.36. The van der Waals surface area contributed by atoms with Crippen molar-refractivity contribution in [3.8, 4) is 5.75 Å². The fourth-order valence-electron chi connectivity index (χ4n) is 3.53. The molecule has 1 heterocycles. The first-order valence-electron chi connectivity index (χ1n) is 8.47. The maximum Gasteiger partial charge on any atom is 0.321 e. The van der Waals surface area contributed by atoms with Crippen LogP contribution in [0.1, 0.15) is 25.3 Å². The number of nitrogens with zero attached hydrogens (tertiary/aromatic N) is 1. The van der Waals surface area contributed by atoms with E-state index in [1.165, 1.54) is 0 Å². The molecule has 3 rings (SSSR count). The number of urea groups is 1. The average Bonchev–Trinajstić information content (AvgIpc) is 2.76. The van der Waals surface area contributed by atoms with Gasteiger partial charge in [-0.25, -0.2) is 4.79 Å². The Morgan fingerprint density at radius 1 is 1.28 bits per heavy atom. The summed E-state index contributed by atoms with van der Waals surface area (Å²) in [5.74, 6) is 0.894. The van der Waals surface area contributed by atoms with E-state index in [4.69, 9.17) is 20.4 Å². The minimum absolute atomic E-state index is 0.0212. The van der Waals surface area contributed by atoms with Crippen LogP contribution in [0.5, 0.6) is 5.75 Å². The first-order valence-corrected chi connectivity index (χ1v) is 8.47. The van der Waals surface area contributed by atoms with Crippen molar-refractivity contribution in [2.24, 2.45) is 17.6 Å². The van der Waals surface area contributed by atoms with Crippen molar-refractivity contribution in [2.75, 3.05) is 25.5 Å². The number of hydrogen-bond donors (Lipinski definition) is 3. The molecule has 7 nitrogen and oxygen atoms in total. The summed E-state index contributed by atoms with van der Waals surface area (Å²) in [7, 11) is 1.64. The molecular formula is C18H27N3O4. The van der Waals surface area contributed by atoms with Crippen molar-refractivity contribution in [3.05, 3.63) is 23.8 Å². The molecule has 3 atom stereocenters. The lowest BCUT2D eigenvalue weighted by atomic mass is 9.93. The highest BCUT2D eigenvalue weighted by atomic mass is 16.5. The number of carboxylic acids is 1. The van der Waals surface area contributed by atoms with Crippen molar-refractivity contribution in [3.63, 3.8) is 0 Å². The zero-order valence-corrected chi connectivity index (χ0v) is 15.0. The predicted molar refractivity (Wildman–Crippen MR) is 95.8 cm³/mol. The lowest BCUT2D eigenvalue weighted by Crippen LogP contribution is -2.51. The largest absolute Gasteiger partial charge is 0.497 e. The summed E-state index contributed by atoms with van der Waals surface area (Å²) in [5.41, 5.74) is 8.02. The van der Waals surface area contributed by atoms with E-state index in [1.807, 2.05) is 30.0 Å². The van der Waals surface area contributed by atoms with E-state index in [0.29, 0.717) is 11.8 Å². The number of methoxy groups -OCH3 is 1. The van der Waals surface area contributed by atoms with Crippen molar-refractivity contribution in [1.29, 1.82) is 0 Å². The highest BCUT2D eigenvalue weighted by Gasteiger charge is 2.41. The van der Waals surface area contributed by atoms with Gasteiger partial charge in [0.1, 0.15) is 5.75 Å². The number of aryl methyl sites for hydroxylation is 1. The van der Waals surface area contributed by atoms with Crippen LogP contribution < -0.4 is 15.8 Å². The Kier molecular flexibility index (Phi) is 6.25. The fourth-order valence-corrected chi connectivity index (χ4v) is 3.53. The minimum Gasteiger partial charge on any atom is -0.497 e. The first-order chi connectivity index (χ1) is 11.8. The molecular weight excluding hydrogens is 322 g/mol. The predicted octanol–water partition coefficient (Wildman–Crippen LogP) is 2.30. The number of likely N-dealkylation sites (tertiary alicyclic amines) is 1. The summed E-state index contributed by atoms with van der Waals surface area (Å²) >= 11 is 0. The third-order valence-corrected chi connectivity index (χ3v) is 4.87. The molecule has 2 bridgehead atoms. The van der Waals surface area contributed by atoms with Crippen LogP contribution in [0.2, 0.25) is 0 Å². The van der Waals surface area contributed by atoms with Crippen LogP contribution in [0.15, 0.2) is 18.2 Å². The normalized spacial score (nSPS) is 24.2. The number of piperidine rings is 1. The van der Waals surface area contributed by atoms with Gasteiger partial charge >= 0.3 is 6.03 Å². The molecule has 1 saturated heterocycles. The van der Waals surface area contributed by atoms with Crippen LogP contribution >= 0.6 is 0 Å². The van der Waals surface area contributed by atoms with Gasteiger partial charge in [-0.2, -0.15) is 0 Å². The van der Waals surface area contributed by atoms with E-state index in [-0.39, 0.29) is 12.1 Å². The van der Waals surface area contributed by atoms with E-state index < -0.39 is 5.97 Å². The Morgan fingerprint density at radius 3 is 2.32 bits per heavy atom. The van der Waals surface area contributed by atoms with Gasteiger partial charge in [0.15, 0.2) is 0 Å². The monoisotopic (exact) mass is 349 g/mol. The standard InChI is InChI=1S/C16H23N3O2.C2H4O2/c1-10-7-13(21-2)5-6-14(10)18-16(20)19-8-11-3-4-12(9-19)15(11)17;1-2(3)4/h5-7,11-12,15H,3-4,8-9,17H2,1-2H3,(H,18,20);1H3,(H,3,4)/t11-,12+,15?;. The highest BCUT2D eigenvalue weighted by Crippen LogP contribution is 2.35. The maximum absolute atomic E-state index is 12.4. The van der Waals surface area contributed by atoms with Gasteiger partial charge in [0.2, 0.25) is 0 Å². The van der Waals surface area contributed by atoms with E-state index in [0.717, 1.165) is 49.9 Å². The second-order valence-electron chi connectivity index (χ2n) is 6.71. The third-order valence-electron chi connectivity index (χ3n) is 4.87. The lowest BCUT2D eigenvalue weighted by molar-refractivity contribution is -0.134. The van der Waals surface area contributed by atoms with Crippen LogP contribution in [0, 0.1) is 18.8 Å². The Hall–Kier alpha value is -2.28. The Bertz CT molecular complexity index is 617. The topological polar surface area (TPSA) is 105 Å². The van der Waals surface area contributed by atoms with Gasteiger partial charge in [-0.1, -0.05) is 0 Å². The Labute approximate surface area is 148 Å². The summed E-state index contributed by atoms with van der Waals surface area (Å²) in [5, 5.41) is 10.4. The average molecular weight is 349 g/mol. The van der Waals surface area contributed by atoms with Gasteiger partial charge < -0.3 is 25.8 Å². The minimum atomic E-state index is -0.833. The number of carboxylic acid groups (broad SMARTS) is 1. The molecule has 1 aliphatic heterocycles. The van der Waals surface area contributed by atoms with Crippen LogP contribution in [0.3, 0.4) is 0 Å². The molecule has 1 aliphatic carbocycles. The molecule has 0 aromatic heterocycles. The molecule has 0 radical (unpaired) electrons. The maximum atomic E-state index is 12.4. The van der Waals surface area contributed by atoms with Crippen LogP contribution in [0.4, 0.5) is 10.5 Å². The quantitative estimate of drug-likeness (QED) is 0.760. The molecule has 1 unspecified atom stereocenters. The molecule has 4 N–H and O–H groups in total. The molecule has 2 aliphatic rings. The zero-order valence-electron chi connectivity index (χ0n) is 15.0. The zero-order chi connectivity index (χ0) is 18.6. The van der Waals surface area contributed by atoms with Crippen molar-refractivity contribution in [1.82, 2.24) is 4.90 Å². The number of benzene rings is 1. The summed E-state index contributed by atoms with van der Waals surface area (Å²) in [6.45, 7) is 4.60. The van der Waals surface area contributed by atoms with Crippen LogP contribution in [-0.4, -0.2) is 48.2 Å². The molecule has 0 spiro atoms. The fraction of sp³-hybridized carbons (Fsp3) is 0.556. The smallest absolute Gasteiger partial charge is 0.321 e. The van der Waals surface area contributed by atoms with Crippen molar-refractivity contribution >= 4 is 17.7 Å². The number of anilines is 1. The molecule has 2 fully saturated rings. The van der Waals surface area contributed by atoms with Gasteiger partial charge in [0, 0.05) is 31.7 Å². The number of aliphatic carboxylic acids is 1. The first kappa shape index (κ1) is 19.1. The van der Waals surface area contributed by atoms with Crippen LogP contribution in [-0.2, 0) is 4.79 Å². The van der Waals surface area contributed by atoms with Crippen LogP contribution in [0.25, 0.3) is 0 Å². The van der Waals surface area contributed by atoms with Gasteiger partial charge in [-0.15, -0.1) is 0 Å². The molecule has 25 heavy (non-hydrogen) atoms. The number of carbonyl (C=O) groups excluding carboxylic acids is 1. The Balaban J connectivity index is 0.000000511. The number of hydrogen-bond acceptors (Lipinski definition) is 4. The van der Waals surface area contributed by atoms with E-state index in [2.05, 4.69) is 5.32 Å². The molecule has 1 aromatic rings. The van der Waals surface area contributed by atoms with Gasteiger partial charge in [0.25, 0.3) is 5.97 Å². The van der Waals surface area contributed by atoms with Crippen molar-refractivity contribution < 1.29 is 19.4 Å². The summed E-state index contributed by atoms with van der Waals surface area (Å²) in [6.07, 6.45) is 2.30. The van der Waals surface area contributed by atoms with E-state index in [1.54, 1.807) is 7.11 Å². The van der Waals surface area contributed by atoms with E-state index >= 15 is 0 Å². The number of nitrogens with one attached hydrogen (secondary N) is 1. The molecule has 1 aromatic carbocycles. The number of rotatable bonds is 2.